The maximum absolute atomic E-state index is 4.29. The van der Waals surface area contributed by atoms with Crippen LogP contribution in [-0.2, 0) is 19.6 Å². The van der Waals surface area contributed by atoms with Crippen LogP contribution in [0.4, 0.5) is 0 Å². The van der Waals surface area contributed by atoms with Gasteiger partial charge in [0.2, 0.25) is 0 Å². The number of rotatable bonds is 2. The van der Waals surface area contributed by atoms with E-state index in [4.69, 9.17) is 0 Å². The maximum atomic E-state index is 4.29. The third kappa shape index (κ3) is 1.98. The Hall–Kier alpha value is -2.20. The minimum Gasteiger partial charge on any atom is -0.312 e. The quantitative estimate of drug-likeness (QED) is 0.751. The predicted octanol–water partition coefficient (Wildman–Crippen LogP) is 1.03. The lowest BCUT2D eigenvalue weighted by Crippen LogP contribution is -3.11. The average Bonchev–Trinajstić information content (AvgIpc) is 2.91. The van der Waals surface area contributed by atoms with E-state index in [9.17, 15) is 0 Å². The van der Waals surface area contributed by atoms with Crippen LogP contribution >= 0.6 is 0 Å². The second kappa shape index (κ2) is 4.72. The van der Waals surface area contributed by atoms with E-state index in [1.165, 1.54) is 11.1 Å². The van der Waals surface area contributed by atoms with Crippen LogP contribution in [0.5, 0.6) is 0 Å². The summed E-state index contributed by atoms with van der Waals surface area (Å²) in [5, 5.41) is 8.52. The largest absolute Gasteiger partial charge is 0.312 e. The Kier molecular flexibility index (Phi) is 2.74. The first kappa shape index (κ1) is 11.6. The number of para-hydroxylation sites is 1. The van der Waals surface area contributed by atoms with E-state index in [0.717, 1.165) is 37.2 Å². The van der Waals surface area contributed by atoms with Gasteiger partial charge in [0, 0.05) is 12.0 Å². The van der Waals surface area contributed by atoms with Gasteiger partial charge < -0.3 is 4.90 Å². The van der Waals surface area contributed by atoms with E-state index in [1.54, 1.807) is 4.90 Å². The van der Waals surface area contributed by atoms with Crippen molar-refractivity contribution < 1.29 is 4.90 Å². The number of hydrogen-bond donors (Lipinski definition) is 1. The summed E-state index contributed by atoms with van der Waals surface area (Å²) in [5.74, 6) is 0. The van der Waals surface area contributed by atoms with Crippen molar-refractivity contribution in [3.63, 3.8) is 0 Å². The number of nitrogens with one attached hydrogen (secondary N) is 1. The maximum Gasteiger partial charge on any atom is 0.175 e. The summed E-state index contributed by atoms with van der Waals surface area (Å²) in [6.07, 6.45) is 1.15. The molecule has 0 radical (unpaired) electrons. The minimum absolute atomic E-state index is 0.884. The van der Waals surface area contributed by atoms with Crippen LogP contribution in [0, 0.1) is 0 Å². The number of fused-ring (bicyclic) bond motifs is 2. The van der Waals surface area contributed by atoms with Crippen molar-refractivity contribution in [2.45, 2.75) is 19.6 Å². The highest BCUT2D eigenvalue weighted by molar-refractivity contribution is 5.73. The molecule has 1 aliphatic heterocycles. The first-order valence-electron chi connectivity index (χ1n) is 7.09. The number of aromatic nitrogens is 3. The van der Waals surface area contributed by atoms with Gasteiger partial charge in [-0.3, -0.25) is 0 Å². The Morgan fingerprint density at radius 2 is 1.80 bits per heavy atom. The molecule has 20 heavy (non-hydrogen) atoms. The summed E-state index contributed by atoms with van der Waals surface area (Å²) >= 11 is 0. The van der Waals surface area contributed by atoms with Crippen molar-refractivity contribution >= 4 is 11.0 Å². The molecule has 3 aromatic rings. The van der Waals surface area contributed by atoms with Crippen molar-refractivity contribution in [1.82, 2.24) is 15.0 Å². The Labute approximate surface area is 117 Å². The van der Waals surface area contributed by atoms with Crippen LogP contribution in [-0.4, -0.2) is 21.5 Å². The molecule has 4 rings (SSSR count). The van der Waals surface area contributed by atoms with Gasteiger partial charge in [-0.1, -0.05) is 41.6 Å². The van der Waals surface area contributed by atoms with Gasteiger partial charge in [0.15, 0.2) is 6.67 Å². The van der Waals surface area contributed by atoms with Gasteiger partial charge in [-0.25, -0.2) is 0 Å². The molecule has 1 aromatic heterocycles. The van der Waals surface area contributed by atoms with Crippen LogP contribution in [0.1, 0.15) is 11.1 Å². The standard InChI is InChI=1S/C16H16N4/c1-2-6-14-11-19(10-9-13(14)5-1)12-20-16-8-4-3-7-15(16)17-18-20/h1-8H,9-12H2/p+1. The molecule has 1 aliphatic rings. The molecular formula is C16H17N4+. The highest BCUT2D eigenvalue weighted by Crippen LogP contribution is 2.11. The van der Waals surface area contributed by atoms with Crippen molar-refractivity contribution in [1.29, 1.82) is 0 Å². The molecular weight excluding hydrogens is 248 g/mol. The van der Waals surface area contributed by atoms with Crippen molar-refractivity contribution in [3.8, 4) is 0 Å². The fraction of sp³-hybridized carbons (Fsp3) is 0.250. The van der Waals surface area contributed by atoms with Crippen LogP contribution in [0.25, 0.3) is 11.0 Å². The zero-order valence-electron chi connectivity index (χ0n) is 11.3. The molecule has 4 heteroatoms. The third-order valence-electron chi connectivity index (χ3n) is 4.10. The second-order valence-corrected chi connectivity index (χ2v) is 5.43. The molecule has 100 valence electrons. The van der Waals surface area contributed by atoms with Crippen LogP contribution < -0.4 is 4.90 Å². The summed E-state index contributed by atoms with van der Waals surface area (Å²) in [6, 6.07) is 16.9. The lowest BCUT2D eigenvalue weighted by molar-refractivity contribution is -0.938. The van der Waals surface area contributed by atoms with E-state index in [-0.39, 0.29) is 0 Å². The molecule has 0 fully saturated rings. The zero-order valence-corrected chi connectivity index (χ0v) is 11.3. The summed E-state index contributed by atoms with van der Waals surface area (Å²) in [5.41, 5.74) is 5.07. The smallest absolute Gasteiger partial charge is 0.175 e. The monoisotopic (exact) mass is 265 g/mol. The van der Waals surface area contributed by atoms with Crippen LogP contribution in [0.3, 0.4) is 0 Å². The normalized spacial score (nSPS) is 18.1. The van der Waals surface area contributed by atoms with E-state index < -0.39 is 0 Å². The van der Waals surface area contributed by atoms with Gasteiger partial charge in [-0.15, -0.1) is 5.10 Å². The molecule has 1 N–H and O–H groups in total. The third-order valence-corrected chi connectivity index (χ3v) is 4.10. The molecule has 0 aliphatic carbocycles. The Morgan fingerprint density at radius 1 is 1.00 bits per heavy atom. The molecule has 0 saturated carbocycles. The SMILES string of the molecule is c1ccc2c(c1)CC[NH+](Cn1nnc3ccccc31)C2. The van der Waals surface area contributed by atoms with E-state index in [2.05, 4.69) is 40.6 Å². The molecule has 1 atom stereocenters. The first-order chi connectivity index (χ1) is 9.90. The molecule has 0 amide bonds. The van der Waals surface area contributed by atoms with Gasteiger partial charge >= 0.3 is 0 Å². The molecule has 4 nitrogen and oxygen atoms in total. The van der Waals surface area contributed by atoms with E-state index >= 15 is 0 Å². The fourth-order valence-corrected chi connectivity index (χ4v) is 3.02. The van der Waals surface area contributed by atoms with Gasteiger partial charge in [0.1, 0.15) is 12.1 Å². The predicted molar refractivity (Wildman–Crippen MR) is 77.2 cm³/mol. The van der Waals surface area contributed by atoms with E-state index in [0.29, 0.717) is 0 Å². The fourth-order valence-electron chi connectivity index (χ4n) is 3.02. The van der Waals surface area contributed by atoms with Crippen molar-refractivity contribution in [3.05, 3.63) is 59.7 Å². The van der Waals surface area contributed by atoms with Crippen LogP contribution in [0.2, 0.25) is 0 Å². The van der Waals surface area contributed by atoms with Crippen LogP contribution in [0.15, 0.2) is 48.5 Å². The average molecular weight is 265 g/mol. The molecule has 0 saturated heterocycles. The Morgan fingerprint density at radius 3 is 2.75 bits per heavy atom. The van der Waals surface area contributed by atoms with Crippen molar-refractivity contribution in [2.75, 3.05) is 6.54 Å². The Balaban J connectivity index is 1.59. The van der Waals surface area contributed by atoms with Gasteiger partial charge in [-0.2, -0.15) is 4.68 Å². The molecule has 0 spiro atoms. The Bertz CT molecular complexity index is 747. The van der Waals surface area contributed by atoms with Gasteiger partial charge in [-0.05, 0) is 17.7 Å². The molecule has 2 heterocycles. The summed E-state index contributed by atoms with van der Waals surface area (Å²) in [4.78, 5) is 1.54. The second-order valence-electron chi connectivity index (χ2n) is 5.43. The lowest BCUT2D eigenvalue weighted by Gasteiger charge is -2.25. The zero-order chi connectivity index (χ0) is 13.4. The summed E-state index contributed by atoms with van der Waals surface area (Å²) < 4.78 is 2.03. The van der Waals surface area contributed by atoms with E-state index in [1.807, 2.05) is 22.9 Å². The highest BCUT2D eigenvalue weighted by Gasteiger charge is 2.20. The first-order valence-corrected chi connectivity index (χ1v) is 7.09. The molecule has 2 aromatic carbocycles. The molecule has 1 unspecified atom stereocenters. The summed E-state index contributed by atoms with van der Waals surface area (Å²) in [7, 11) is 0. The van der Waals surface area contributed by atoms with Crippen molar-refractivity contribution in [2.24, 2.45) is 0 Å². The number of hydrogen-bond acceptors (Lipinski definition) is 2. The lowest BCUT2D eigenvalue weighted by atomic mass is 10.0. The number of benzene rings is 2. The summed E-state index contributed by atoms with van der Waals surface area (Å²) in [6.45, 7) is 3.12. The van der Waals surface area contributed by atoms with Gasteiger partial charge in [0.25, 0.3) is 0 Å². The highest BCUT2D eigenvalue weighted by atomic mass is 15.5. The number of nitrogens with zero attached hydrogens (tertiary/aromatic N) is 3. The van der Waals surface area contributed by atoms with Gasteiger partial charge in [0.05, 0.1) is 12.1 Å². The minimum atomic E-state index is 0.884. The molecule has 0 bridgehead atoms. The topological polar surface area (TPSA) is 35.2 Å². The number of quaternary nitrogens is 1.